The number of halogens is 1. The minimum absolute atomic E-state index is 0.153. The molecule has 2 N–H and O–H groups in total. The second kappa shape index (κ2) is 4.79. The van der Waals surface area contributed by atoms with Gasteiger partial charge in [0.05, 0.1) is 12.4 Å². The molecule has 5 nitrogen and oxygen atoms in total. The number of hydrogen-bond acceptors (Lipinski definition) is 4. The molecule has 0 aliphatic rings. The number of aromatic carboxylic acids is 1. The molecule has 92 valence electrons. The summed E-state index contributed by atoms with van der Waals surface area (Å²) in [6.07, 6.45) is 2.56. The van der Waals surface area contributed by atoms with Gasteiger partial charge < -0.3 is 10.4 Å². The van der Waals surface area contributed by atoms with E-state index >= 15 is 0 Å². The Morgan fingerprint density at radius 3 is 2.83 bits per heavy atom. The van der Waals surface area contributed by atoms with Gasteiger partial charge in [-0.25, -0.2) is 14.2 Å². The first-order valence-corrected chi connectivity index (χ1v) is 5.15. The third-order valence-electron chi connectivity index (χ3n) is 2.30. The van der Waals surface area contributed by atoms with Crippen molar-refractivity contribution in [3.8, 4) is 0 Å². The number of anilines is 2. The number of benzene rings is 1. The van der Waals surface area contributed by atoms with Gasteiger partial charge in [0.2, 0.25) is 0 Å². The van der Waals surface area contributed by atoms with E-state index in [0.29, 0.717) is 17.1 Å². The van der Waals surface area contributed by atoms with Gasteiger partial charge in [0, 0.05) is 5.69 Å². The summed E-state index contributed by atoms with van der Waals surface area (Å²) in [6.45, 7) is 1.74. The Hall–Kier alpha value is -2.50. The van der Waals surface area contributed by atoms with Crippen LogP contribution in [0.5, 0.6) is 0 Å². The lowest BCUT2D eigenvalue weighted by molar-refractivity contribution is 0.0690. The van der Waals surface area contributed by atoms with Gasteiger partial charge in [-0.3, -0.25) is 4.98 Å². The van der Waals surface area contributed by atoms with Crippen LogP contribution in [0, 0.1) is 12.7 Å². The summed E-state index contributed by atoms with van der Waals surface area (Å²) in [4.78, 5) is 18.4. The third kappa shape index (κ3) is 2.60. The Kier molecular flexibility index (Phi) is 3.18. The summed E-state index contributed by atoms with van der Waals surface area (Å²) in [5, 5.41) is 11.7. The third-order valence-corrected chi connectivity index (χ3v) is 2.30. The summed E-state index contributed by atoms with van der Waals surface area (Å²) >= 11 is 0. The summed E-state index contributed by atoms with van der Waals surface area (Å²) in [5.41, 5.74) is 1.19. The van der Waals surface area contributed by atoms with Crippen LogP contribution in [0.25, 0.3) is 0 Å². The van der Waals surface area contributed by atoms with Crippen molar-refractivity contribution in [2.75, 3.05) is 5.32 Å². The molecule has 0 atom stereocenters. The molecule has 1 aromatic carbocycles. The van der Waals surface area contributed by atoms with Crippen molar-refractivity contribution >= 4 is 17.5 Å². The molecule has 0 unspecified atom stereocenters. The first-order chi connectivity index (χ1) is 8.56. The molecular formula is C12H10FN3O2. The van der Waals surface area contributed by atoms with E-state index in [-0.39, 0.29) is 11.5 Å². The topological polar surface area (TPSA) is 75.1 Å². The zero-order chi connectivity index (χ0) is 13.1. The minimum Gasteiger partial charge on any atom is -0.476 e. The van der Waals surface area contributed by atoms with Crippen LogP contribution in [-0.2, 0) is 0 Å². The number of hydrogen-bond donors (Lipinski definition) is 2. The van der Waals surface area contributed by atoms with Crippen LogP contribution in [0.4, 0.5) is 15.9 Å². The lowest BCUT2D eigenvalue weighted by atomic mass is 10.2. The number of aryl methyl sites for hydroxylation is 1. The molecule has 0 aliphatic heterocycles. The fourth-order valence-corrected chi connectivity index (χ4v) is 1.43. The highest BCUT2D eigenvalue weighted by atomic mass is 19.1. The molecule has 18 heavy (non-hydrogen) atoms. The Bertz CT molecular complexity index is 602. The van der Waals surface area contributed by atoms with Gasteiger partial charge in [0.1, 0.15) is 11.6 Å². The Balaban J connectivity index is 2.28. The molecule has 6 heteroatoms. The maximum absolute atomic E-state index is 12.9. The first-order valence-electron chi connectivity index (χ1n) is 5.15. The van der Waals surface area contributed by atoms with Crippen molar-refractivity contribution in [2.45, 2.75) is 6.92 Å². The Labute approximate surface area is 102 Å². The van der Waals surface area contributed by atoms with Crippen LogP contribution in [-0.4, -0.2) is 21.0 Å². The fourth-order valence-electron chi connectivity index (χ4n) is 1.43. The number of carbonyl (C=O) groups is 1. The molecule has 0 saturated heterocycles. The average Bonchev–Trinajstić information content (AvgIpc) is 2.33. The zero-order valence-corrected chi connectivity index (χ0v) is 9.51. The number of nitrogens with one attached hydrogen (secondary N) is 1. The predicted molar refractivity (Wildman–Crippen MR) is 63.4 cm³/mol. The highest BCUT2D eigenvalue weighted by molar-refractivity contribution is 5.85. The van der Waals surface area contributed by atoms with E-state index in [1.165, 1.54) is 18.3 Å². The Morgan fingerprint density at radius 1 is 1.39 bits per heavy atom. The second-order valence-corrected chi connectivity index (χ2v) is 3.68. The van der Waals surface area contributed by atoms with Crippen molar-refractivity contribution in [3.05, 3.63) is 47.7 Å². The van der Waals surface area contributed by atoms with Crippen molar-refractivity contribution in [2.24, 2.45) is 0 Å². The maximum Gasteiger partial charge on any atom is 0.356 e. The number of rotatable bonds is 3. The summed E-state index contributed by atoms with van der Waals surface area (Å²) in [7, 11) is 0. The fraction of sp³-hybridized carbons (Fsp3) is 0.0833. The van der Waals surface area contributed by atoms with Crippen LogP contribution in [0.15, 0.2) is 30.6 Å². The van der Waals surface area contributed by atoms with Gasteiger partial charge in [0.25, 0.3) is 0 Å². The minimum atomic E-state index is -1.15. The largest absolute Gasteiger partial charge is 0.476 e. The average molecular weight is 247 g/mol. The van der Waals surface area contributed by atoms with Crippen molar-refractivity contribution in [1.29, 1.82) is 0 Å². The van der Waals surface area contributed by atoms with Gasteiger partial charge in [-0.15, -0.1) is 0 Å². The van der Waals surface area contributed by atoms with Gasteiger partial charge >= 0.3 is 5.97 Å². The molecule has 0 radical (unpaired) electrons. The molecule has 0 amide bonds. The summed E-state index contributed by atoms with van der Waals surface area (Å²) in [6, 6.07) is 4.24. The molecule has 0 bridgehead atoms. The van der Waals surface area contributed by atoms with E-state index < -0.39 is 5.97 Å². The molecule has 1 heterocycles. The van der Waals surface area contributed by atoms with Crippen molar-refractivity contribution in [1.82, 2.24) is 9.97 Å². The molecular weight excluding hydrogens is 237 g/mol. The van der Waals surface area contributed by atoms with E-state index in [0.717, 1.165) is 6.20 Å². The lowest BCUT2D eigenvalue weighted by Gasteiger charge is -2.08. The van der Waals surface area contributed by atoms with Crippen LogP contribution in [0.1, 0.15) is 16.1 Å². The van der Waals surface area contributed by atoms with E-state index in [4.69, 9.17) is 5.11 Å². The number of nitrogens with zero attached hydrogens (tertiary/aromatic N) is 2. The summed E-state index contributed by atoms with van der Waals surface area (Å²) in [5.74, 6) is -1.19. The molecule has 1 aromatic heterocycles. The standard InChI is InChI=1S/C12H10FN3O2/c1-7-4-8(13)2-3-9(7)15-11-6-14-5-10(16-11)12(17)18/h2-6H,1H3,(H,15,16)(H,17,18). The molecule has 2 rings (SSSR count). The number of carboxylic acids is 1. The quantitative estimate of drug-likeness (QED) is 0.870. The monoisotopic (exact) mass is 247 g/mol. The van der Waals surface area contributed by atoms with Gasteiger partial charge in [0.15, 0.2) is 5.69 Å². The molecule has 0 aliphatic carbocycles. The molecule has 2 aromatic rings. The molecule has 0 spiro atoms. The number of carboxylic acid groups (broad SMARTS) is 1. The SMILES string of the molecule is Cc1cc(F)ccc1Nc1cncc(C(=O)O)n1. The number of aromatic nitrogens is 2. The van der Waals surface area contributed by atoms with E-state index in [2.05, 4.69) is 15.3 Å². The van der Waals surface area contributed by atoms with Crippen LogP contribution >= 0.6 is 0 Å². The molecule has 0 fully saturated rings. The normalized spacial score (nSPS) is 10.1. The van der Waals surface area contributed by atoms with Gasteiger partial charge in [-0.1, -0.05) is 0 Å². The van der Waals surface area contributed by atoms with Crippen LogP contribution in [0.3, 0.4) is 0 Å². The first kappa shape index (κ1) is 12.0. The van der Waals surface area contributed by atoms with Gasteiger partial charge in [-0.2, -0.15) is 0 Å². The van der Waals surface area contributed by atoms with Crippen molar-refractivity contribution < 1.29 is 14.3 Å². The van der Waals surface area contributed by atoms with Gasteiger partial charge in [-0.05, 0) is 30.7 Å². The zero-order valence-electron chi connectivity index (χ0n) is 9.51. The van der Waals surface area contributed by atoms with Crippen LogP contribution in [0.2, 0.25) is 0 Å². The van der Waals surface area contributed by atoms with E-state index in [1.807, 2.05) is 0 Å². The lowest BCUT2D eigenvalue weighted by Crippen LogP contribution is -2.04. The van der Waals surface area contributed by atoms with E-state index in [1.54, 1.807) is 13.0 Å². The summed E-state index contributed by atoms with van der Waals surface area (Å²) < 4.78 is 12.9. The molecule has 0 saturated carbocycles. The highest BCUT2D eigenvalue weighted by Gasteiger charge is 2.07. The predicted octanol–water partition coefficient (Wildman–Crippen LogP) is 2.37. The highest BCUT2D eigenvalue weighted by Crippen LogP contribution is 2.19. The smallest absolute Gasteiger partial charge is 0.356 e. The Morgan fingerprint density at radius 2 is 2.17 bits per heavy atom. The van der Waals surface area contributed by atoms with E-state index in [9.17, 15) is 9.18 Å². The second-order valence-electron chi connectivity index (χ2n) is 3.68. The van der Waals surface area contributed by atoms with Crippen molar-refractivity contribution in [3.63, 3.8) is 0 Å². The van der Waals surface area contributed by atoms with Crippen LogP contribution < -0.4 is 5.32 Å². The maximum atomic E-state index is 12.9.